The van der Waals surface area contributed by atoms with Crippen LogP contribution < -0.4 is 20.6 Å². The molecule has 3 rings (SSSR count). The lowest BCUT2D eigenvalue weighted by Gasteiger charge is -2.03. The quantitative estimate of drug-likeness (QED) is 0.465. The summed E-state index contributed by atoms with van der Waals surface area (Å²) in [6.07, 6.45) is 1.55. The number of carbonyl (C=O) groups is 1. The van der Waals surface area contributed by atoms with Crippen LogP contribution in [0.4, 0.5) is 16.5 Å². The van der Waals surface area contributed by atoms with E-state index in [1.807, 2.05) is 24.3 Å². The number of ether oxygens (including phenoxy) is 1. The predicted molar refractivity (Wildman–Crippen MR) is 105 cm³/mol. The molecule has 0 bridgehead atoms. The molecule has 27 heavy (non-hydrogen) atoms. The molecule has 138 valence electrons. The number of anilines is 3. The zero-order valence-corrected chi connectivity index (χ0v) is 15.7. The first-order valence-corrected chi connectivity index (χ1v) is 8.92. The zero-order chi connectivity index (χ0) is 19.2. The van der Waals surface area contributed by atoms with Crippen LogP contribution >= 0.6 is 22.9 Å². The Morgan fingerprint density at radius 3 is 2.48 bits per heavy atom. The fraction of sp³-hybridized carbons (Fsp3) is 0.0556. The fourth-order valence-corrected chi connectivity index (χ4v) is 3.14. The summed E-state index contributed by atoms with van der Waals surface area (Å²) >= 11 is 7.49. The number of aromatic nitrogens is 1. The van der Waals surface area contributed by atoms with Crippen molar-refractivity contribution in [1.29, 1.82) is 0 Å². The van der Waals surface area contributed by atoms with Crippen molar-refractivity contribution in [3.05, 3.63) is 64.1 Å². The highest BCUT2D eigenvalue weighted by Gasteiger charge is 2.08. The van der Waals surface area contributed by atoms with Crippen LogP contribution in [0.15, 0.2) is 53.6 Å². The summed E-state index contributed by atoms with van der Waals surface area (Å²) in [5.41, 5.74) is 4.39. The van der Waals surface area contributed by atoms with Crippen molar-refractivity contribution in [3.63, 3.8) is 0 Å². The van der Waals surface area contributed by atoms with Crippen molar-refractivity contribution in [2.45, 2.75) is 0 Å². The van der Waals surface area contributed by atoms with E-state index < -0.39 is 5.97 Å². The van der Waals surface area contributed by atoms with Crippen LogP contribution in [0, 0.1) is 0 Å². The van der Waals surface area contributed by atoms with Gasteiger partial charge in [0.15, 0.2) is 10.3 Å². The van der Waals surface area contributed by atoms with Gasteiger partial charge in [-0.05, 0) is 42.0 Å². The number of carboxylic acids is 1. The van der Waals surface area contributed by atoms with Gasteiger partial charge in [-0.15, -0.1) is 0 Å². The van der Waals surface area contributed by atoms with E-state index in [9.17, 15) is 9.90 Å². The van der Waals surface area contributed by atoms with Gasteiger partial charge in [0.1, 0.15) is 5.75 Å². The molecule has 0 aliphatic rings. The number of nitrogens with one attached hydrogen (secondary N) is 2. The van der Waals surface area contributed by atoms with E-state index in [0.29, 0.717) is 20.8 Å². The van der Waals surface area contributed by atoms with Crippen molar-refractivity contribution in [3.8, 4) is 5.75 Å². The first-order chi connectivity index (χ1) is 13.0. The van der Waals surface area contributed by atoms with Crippen molar-refractivity contribution < 1.29 is 14.6 Å². The highest BCUT2D eigenvalue weighted by molar-refractivity contribution is 7.17. The summed E-state index contributed by atoms with van der Waals surface area (Å²) < 4.78 is 5.12. The van der Waals surface area contributed by atoms with Crippen molar-refractivity contribution in [2.75, 3.05) is 17.9 Å². The maximum absolute atomic E-state index is 10.7. The second-order valence-corrected chi connectivity index (χ2v) is 6.65. The highest BCUT2D eigenvalue weighted by atomic mass is 35.5. The molecular weight excluding hydrogens is 388 g/mol. The summed E-state index contributed by atoms with van der Waals surface area (Å²) in [5, 5.41) is 18.9. The third-order valence-electron chi connectivity index (χ3n) is 3.45. The highest BCUT2D eigenvalue weighted by Crippen LogP contribution is 2.28. The van der Waals surface area contributed by atoms with Crippen molar-refractivity contribution >= 4 is 51.6 Å². The van der Waals surface area contributed by atoms with Crippen molar-refractivity contribution in [2.24, 2.45) is 5.10 Å². The zero-order valence-electron chi connectivity index (χ0n) is 14.1. The number of aromatic carboxylic acids is 1. The van der Waals surface area contributed by atoms with Gasteiger partial charge in [-0.2, -0.15) is 5.10 Å². The number of carboxylic acid groups (broad SMARTS) is 1. The molecule has 9 heteroatoms. The number of nitrogens with zero attached hydrogens (tertiary/aromatic N) is 2. The topological polar surface area (TPSA) is 98.7 Å². The molecule has 0 amide bonds. The number of thiazole rings is 1. The van der Waals surface area contributed by atoms with E-state index in [4.69, 9.17) is 16.3 Å². The summed E-state index contributed by atoms with van der Waals surface area (Å²) in [7, 11) is 1.61. The Morgan fingerprint density at radius 1 is 1.19 bits per heavy atom. The predicted octanol–water partition coefficient (Wildman–Crippen LogP) is 3.36. The smallest absolute Gasteiger partial charge is 0.189 e. The van der Waals surface area contributed by atoms with Gasteiger partial charge >= 0.3 is 0 Å². The van der Waals surface area contributed by atoms with E-state index in [0.717, 1.165) is 11.4 Å². The molecule has 0 aliphatic carbocycles. The van der Waals surface area contributed by atoms with E-state index in [-0.39, 0.29) is 5.56 Å². The molecule has 7 nitrogen and oxygen atoms in total. The van der Waals surface area contributed by atoms with E-state index >= 15 is 0 Å². The molecule has 0 unspecified atom stereocenters. The molecule has 3 aromatic rings. The standard InChI is InChI=1S/C18H15ClN4O3S/c1-26-14-8-6-12(7-9-14)21-18-22-16(19)15(27-18)10-20-23-13-4-2-11(3-5-13)17(24)25/h2-10,23H,1H3,(H,21,22)(H,24,25)/p-1/b20-10+. The normalized spacial score (nSPS) is 10.7. The Labute approximate surface area is 164 Å². The van der Waals surface area contributed by atoms with E-state index in [2.05, 4.69) is 20.8 Å². The second-order valence-electron chi connectivity index (χ2n) is 5.26. The number of hydrogen-bond acceptors (Lipinski definition) is 8. The number of methoxy groups -OCH3 is 1. The minimum Gasteiger partial charge on any atom is -0.545 e. The van der Waals surface area contributed by atoms with Gasteiger partial charge in [-0.3, -0.25) is 5.43 Å². The molecule has 0 atom stereocenters. The van der Waals surface area contributed by atoms with Crippen LogP contribution in [0.1, 0.15) is 15.2 Å². The molecule has 2 aromatic carbocycles. The Bertz CT molecular complexity index is 956. The van der Waals surface area contributed by atoms with E-state index in [1.165, 1.54) is 23.5 Å². The lowest BCUT2D eigenvalue weighted by Crippen LogP contribution is -2.21. The minimum atomic E-state index is -1.22. The third kappa shape index (κ3) is 4.96. The maximum atomic E-state index is 10.7. The van der Waals surface area contributed by atoms with E-state index in [1.54, 1.807) is 25.5 Å². The third-order valence-corrected chi connectivity index (χ3v) is 4.75. The lowest BCUT2D eigenvalue weighted by atomic mass is 10.2. The van der Waals surface area contributed by atoms with Crippen LogP contribution in [0.2, 0.25) is 5.15 Å². The molecule has 0 saturated carbocycles. The number of rotatable bonds is 7. The first-order valence-electron chi connectivity index (χ1n) is 7.73. The van der Waals surface area contributed by atoms with Crippen LogP contribution in [0.25, 0.3) is 0 Å². The summed E-state index contributed by atoms with van der Waals surface area (Å²) in [5.74, 6) is -0.456. The fourth-order valence-electron chi connectivity index (χ4n) is 2.09. The largest absolute Gasteiger partial charge is 0.545 e. The molecule has 0 spiro atoms. The summed E-state index contributed by atoms with van der Waals surface area (Å²) in [6.45, 7) is 0. The summed E-state index contributed by atoms with van der Waals surface area (Å²) in [4.78, 5) is 15.6. The lowest BCUT2D eigenvalue weighted by molar-refractivity contribution is -0.255. The number of benzene rings is 2. The molecule has 0 saturated heterocycles. The number of carbonyl (C=O) groups excluding carboxylic acids is 1. The molecule has 0 radical (unpaired) electrons. The Hall–Kier alpha value is -3.10. The number of hydrogen-bond donors (Lipinski definition) is 2. The van der Waals surface area contributed by atoms with Gasteiger partial charge in [-0.25, -0.2) is 4.98 Å². The van der Waals surface area contributed by atoms with Crippen LogP contribution in [-0.4, -0.2) is 24.3 Å². The minimum absolute atomic E-state index is 0.101. The van der Waals surface area contributed by atoms with Gasteiger partial charge < -0.3 is 20.0 Å². The first kappa shape index (κ1) is 18.7. The molecule has 2 N–H and O–H groups in total. The maximum Gasteiger partial charge on any atom is 0.189 e. The average molecular weight is 402 g/mol. The van der Waals surface area contributed by atoms with Crippen LogP contribution in [0.5, 0.6) is 5.75 Å². The van der Waals surface area contributed by atoms with Gasteiger partial charge in [0.25, 0.3) is 0 Å². The van der Waals surface area contributed by atoms with Crippen LogP contribution in [-0.2, 0) is 0 Å². The Kier molecular flexibility index (Phi) is 5.90. The molecule has 0 fully saturated rings. The van der Waals surface area contributed by atoms with Gasteiger partial charge in [0.2, 0.25) is 0 Å². The van der Waals surface area contributed by atoms with Gasteiger partial charge in [-0.1, -0.05) is 35.1 Å². The molecular formula is C18H14ClN4O3S-. The monoisotopic (exact) mass is 401 g/mol. The molecule has 1 heterocycles. The number of halogens is 1. The molecule has 0 aliphatic heterocycles. The van der Waals surface area contributed by atoms with Gasteiger partial charge in [0, 0.05) is 5.69 Å². The van der Waals surface area contributed by atoms with Crippen molar-refractivity contribution in [1.82, 2.24) is 4.98 Å². The van der Waals surface area contributed by atoms with Gasteiger partial charge in [0.05, 0.1) is 29.9 Å². The Balaban J connectivity index is 1.63. The average Bonchev–Trinajstić information content (AvgIpc) is 3.02. The molecule has 1 aromatic heterocycles. The van der Waals surface area contributed by atoms with Crippen LogP contribution in [0.3, 0.4) is 0 Å². The SMILES string of the molecule is COc1ccc(Nc2nc(Cl)c(/C=N/Nc3ccc(C(=O)[O-])cc3)s2)cc1. The Morgan fingerprint density at radius 2 is 1.85 bits per heavy atom. The second kappa shape index (κ2) is 8.52. The number of hydrazone groups is 1. The summed E-state index contributed by atoms with van der Waals surface area (Å²) in [6, 6.07) is 13.5.